The fraction of sp³-hybridized carbons (Fsp3) is 0.562. The monoisotopic (exact) mass is 333 g/mol. The number of anilines is 1. The van der Waals surface area contributed by atoms with Gasteiger partial charge < -0.3 is 15.0 Å². The molecule has 1 aromatic rings. The van der Waals surface area contributed by atoms with Gasteiger partial charge in [0, 0.05) is 19.4 Å². The molecule has 1 N–H and O–H groups in total. The first-order chi connectivity index (χ1) is 11.2. The molecule has 0 saturated carbocycles. The van der Waals surface area contributed by atoms with E-state index in [0.29, 0.717) is 5.95 Å². The Morgan fingerprint density at radius 3 is 2.46 bits per heavy atom. The molecule has 8 nitrogen and oxygen atoms in total. The maximum atomic E-state index is 12.1. The van der Waals surface area contributed by atoms with Crippen LogP contribution in [0.15, 0.2) is 18.5 Å². The minimum absolute atomic E-state index is 0.0873. The Labute approximate surface area is 141 Å². The van der Waals surface area contributed by atoms with Crippen molar-refractivity contribution in [3.05, 3.63) is 18.5 Å². The maximum absolute atomic E-state index is 12.1. The first kappa shape index (κ1) is 19.4. The molecule has 130 valence electrons. The smallest absolute Gasteiger partial charge is 0.326 e. The van der Waals surface area contributed by atoms with Crippen LogP contribution in [0.3, 0.4) is 0 Å². The summed E-state index contributed by atoms with van der Waals surface area (Å²) < 4.78 is 5.12. The predicted molar refractivity (Wildman–Crippen MR) is 87.9 cm³/mol. The van der Waals surface area contributed by atoms with Gasteiger partial charge in [-0.25, -0.2) is 9.97 Å². The SMILES string of the molecule is CC(C)[C@](C)(C#N)NC(=O)[C@@H](C)OC(=O)CN(C)c1ncccn1. The van der Waals surface area contributed by atoms with Crippen molar-refractivity contribution in [2.45, 2.75) is 39.3 Å². The molecule has 1 rings (SSSR count). The molecule has 0 radical (unpaired) electrons. The minimum atomic E-state index is -1.02. The Kier molecular flexibility index (Phi) is 6.65. The van der Waals surface area contributed by atoms with E-state index in [0.717, 1.165) is 0 Å². The molecule has 0 spiro atoms. The fourth-order valence-corrected chi connectivity index (χ4v) is 1.70. The van der Waals surface area contributed by atoms with Gasteiger partial charge in [-0.1, -0.05) is 13.8 Å². The molecule has 0 bridgehead atoms. The number of carbonyl (C=O) groups is 2. The maximum Gasteiger partial charge on any atom is 0.326 e. The van der Waals surface area contributed by atoms with Crippen LogP contribution in [-0.2, 0) is 14.3 Å². The number of amides is 1. The Hall–Kier alpha value is -2.69. The van der Waals surface area contributed by atoms with E-state index in [4.69, 9.17) is 4.74 Å². The summed E-state index contributed by atoms with van der Waals surface area (Å²) in [5, 5.41) is 11.8. The number of nitriles is 1. The third kappa shape index (κ3) is 5.19. The first-order valence-electron chi connectivity index (χ1n) is 7.60. The molecule has 1 amide bonds. The first-order valence-corrected chi connectivity index (χ1v) is 7.60. The molecule has 1 aromatic heterocycles. The van der Waals surface area contributed by atoms with Crippen LogP contribution in [0, 0.1) is 17.2 Å². The number of esters is 1. The van der Waals surface area contributed by atoms with E-state index in [1.807, 2.05) is 13.8 Å². The molecule has 0 saturated heterocycles. The summed E-state index contributed by atoms with van der Waals surface area (Å²) in [5.74, 6) is -0.811. The molecule has 0 aliphatic rings. The number of likely N-dealkylation sites (N-methyl/N-ethyl adjacent to an activating group) is 1. The van der Waals surface area contributed by atoms with Gasteiger partial charge in [-0.2, -0.15) is 5.26 Å². The van der Waals surface area contributed by atoms with Gasteiger partial charge in [0.2, 0.25) is 5.95 Å². The number of nitrogens with zero attached hydrogens (tertiary/aromatic N) is 4. The molecule has 0 aromatic carbocycles. The fourth-order valence-electron chi connectivity index (χ4n) is 1.70. The van der Waals surface area contributed by atoms with Gasteiger partial charge in [0.15, 0.2) is 6.10 Å². The van der Waals surface area contributed by atoms with Crippen LogP contribution in [0.1, 0.15) is 27.7 Å². The molecule has 0 unspecified atom stereocenters. The summed E-state index contributed by atoms with van der Waals surface area (Å²) in [6.45, 7) is 6.65. The van der Waals surface area contributed by atoms with Crippen molar-refractivity contribution >= 4 is 17.8 Å². The van der Waals surface area contributed by atoms with Crippen molar-refractivity contribution < 1.29 is 14.3 Å². The lowest BCUT2D eigenvalue weighted by molar-refractivity contribution is -0.154. The molecule has 8 heteroatoms. The van der Waals surface area contributed by atoms with Crippen LogP contribution >= 0.6 is 0 Å². The van der Waals surface area contributed by atoms with Gasteiger partial charge in [0.05, 0.1) is 6.07 Å². The average molecular weight is 333 g/mol. The van der Waals surface area contributed by atoms with E-state index < -0.39 is 23.5 Å². The van der Waals surface area contributed by atoms with Crippen LogP contribution < -0.4 is 10.2 Å². The van der Waals surface area contributed by atoms with Gasteiger partial charge in [0.1, 0.15) is 12.1 Å². The Bertz CT molecular complexity index is 614. The van der Waals surface area contributed by atoms with Crippen molar-refractivity contribution in [1.29, 1.82) is 5.26 Å². The summed E-state index contributed by atoms with van der Waals surface area (Å²) in [7, 11) is 1.65. The Morgan fingerprint density at radius 2 is 1.96 bits per heavy atom. The molecule has 0 aliphatic carbocycles. The minimum Gasteiger partial charge on any atom is -0.451 e. The summed E-state index contributed by atoms with van der Waals surface area (Å²) >= 11 is 0. The lowest BCUT2D eigenvalue weighted by Crippen LogP contribution is -2.52. The standard InChI is InChI=1S/C16H23N5O3/c1-11(2)16(4,10-17)20-14(23)12(3)24-13(22)9-21(5)15-18-7-6-8-19-15/h6-8,11-12H,9H2,1-5H3,(H,20,23)/t12-,16+/m1/s1. The molecule has 1 heterocycles. The van der Waals surface area contributed by atoms with Gasteiger partial charge in [-0.3, -0.25) is 9.59 Å². The second-order valence-corrected chi connectivity index (χ2v) is 6.00. The predicted octanol–water partition coefficient (Wildman–Crippen LogP) is 0.899. The van der Waals surface area contributed by atoms with Crippen molar-refractivity contribution in [3.8, 4) is 6.07 Å². The van der Waals surface area contributed by atoms with Crippen LogP contribution in [0.4, 0.5) is 5.95 Å². The highest BCUT2D eigenvalue weighted by Crippen LogP contribution is 2.15. The molecular formula is C16H23N5O3. The van der Waals surface area contributed by atoms with E-state index in [1.54, 1.807) is 32.4 Å². The summed E-state index contributed by atoms with van der Waals surface area (Å²) in [6.07, 6.45) is 2.12. The number of ether oxygens (including phenoxy) is 1. The highest BCUT2D eigenvalue weighted by Gasteiger charge is 2.32. The Morgan fingerprint density at radius 1 is 1.38 bits per heavy atom. The third-order valence-corrected chi connectivity index (χ3v) is 3.71. The number of rotatable bonds is 7. The number of carbonyl (C=O) groups excluding carboxylic acids is 2. The van der Waals surface area contributed by atoms with Crippen LogP contribution in [-0.4, -0.2) is 47.1 Å². The van der Waals surface area contributed by atoms with Crippen molar-refractivity contribution in [2.75, 3.05) is 18.5 Å². The molecule has 2 atom stereocenters. The number of hydrogen-bond donors (Lipinski definition) is 1. The van der Waals surface area contributed by atoms with Crippen LogP contribution in [0.5, 0.6) is 0 Å². The van der Waals surface area contributed by atoms with Crippen molar-refractivity contribution in [1.82, 2.24) is 15.3 Å². The third-order valence-electron chi connectivity index (χ3n) is 3.71. The largest absolute Gasteiger partial charge is 0.451 e. The number of aromatic nitrogens is 2. The summed E-state index contributed by atoms with van der Waals surface area (Å²) in [5.41, 5.74) is -1.02. The molecule has 0 aliphatic heterocycles. The molecule has 0 fully saturated rings. The number of nitrogens with one attached hydrogen (secondary N) is 1. The van der Waals surface area contributed by atoms with E-state index >= 15 is 0 Å². The normalized spacial score (nSPS) is 14.2. The highest BCUT2D eigenvalue weighted by molar-refractivity contribution is 5.85. The van der Waals surface area contributed by atoms with Gasteiger partial charge in [-0.15, -0.1) is 0 Å². The summed E-state index contributed by atoms with van der Waals surface area (Å²) in [4.78, 5) is 33.6. The molecule has 24 heavy (non-hydrogen) atoms. The zero-order valence-electron chi connectivity index (χ0n) is 14.6. The van der Waals surface area contributed by atoms with Gasteiger partial charge in [0.25, 0.3) is 5.91 Å². The van der Waals surface area contributed by atoms with Gasteiger partial charge >= 0.3 is 5.97 Å². The lowest BCUT2D eigenvalue weighted by atomic mass is 9.90. The Balaban J connectivity index is 2.58. The summed E-state index contributed by atoms with van der Waals surface area (Å²) in [6, 6.07) is 3.74. The number of hydrogen-bond acceptors (Lipinski definition) is 7. The van der Waals surface area contributed by atoms with Crippen LogP contribution in [0.25, 0.3) is 0 Å². The van der Waals surface area contributed by atoms with E-state index in [-0.39, 0.29) is 12.5 Å². The van der Waals surface area contributed by atoms with E-state index in [2.05, 4.69) is 21.4 Å². The zero-order valence-corrected chi connectivity index (χ0v) is 14.6. The second-order valence-electron chi connectivity index (χ2n) is 6.00. The lowest BCUT2D eigenvalue weighted by Gasteiger charge is -2.28. The zero-order chi connectivity index (χ0) is 18.3. The van der Waals surface area contributed by atoms with E-state index in [9.17, 15) is 14.9 Å². The van der Waals surface area contributed by atoms with Crippen LogP contribution in [0.2, 0.25) is 0 Å². The van der Waals surface area contributed by atoms with Crippen molar-refractivity contribution in [2.24, 2.45) is 5.92 Å². The highest BCUT2D eigenvalue weighted by atomic mass is 16.5. The van der Waals surface area contributed by atoms with E-state index in [1.165, 1.54) is 11.8 Å². The second kappa shape index (κ2) is 8.24. The van der Waals surface area contributed by atoms with Gasteiger partial charge in [-0.05, 0) is 25.8 Å². The molecular weight excluding hydrogens is 310 g/mol. The topological polar surface area (TPSA) is 108 Å². The quantitative estimate of drug-likeness (QED) is 0.738. The van der Waals surface area contributed by atoms with Crippen molar-refractivity contribution in [3.63, 3.8) is 0 Å². The average Bonchev–Trinajstić information content (AvgIpc) is 2.54.